The Morgan fingerprint density at radius 3 is 2.65 bits per heavy atom. The van der Waals surface area contributed by atoms with Crippen LogP contribution in [0.3, 0.4) is 0 Å². The van der Waals surface area contributed by atoms with Crippen LogP contribution in [0.15, 0.2) is 6.33 Å². The van der Waals surface area contributed by atoms with Crippen molar-refractivity contribution in [2.45, 2.75) is 33.4 Å². The Balaban J connectivity index is 2.07. The second-order valence-electron chi connectivity index (χ2n) is 5.20. The van der Waals surface area contributed by atoms with E-state index < -0.39 is 0 Å². The summed E-state index contributed by atoms with van der Waals surface area (Å²) in [5.74, 6) is 1.72. The van der Waals surface area contributed by atoms with Gasteiger partial charge in [0.25, 0.3) is 0 Å². The van der Waals surface area contributed by atoms with Gasteiger partial charge in [-0.15, -0.1) is 10.2 Å². The summed E-state index contributed by atoms with van der Waals surface area (Å²) in [6.07, 6.45) is 1.86. The molecule has 1 saturated heterocycles. The highest BCUT2D eigenvalue weighted by atomic mass is 15.3. The molecule has 5 heteroatoms. The van der Waals surface area contributed by atoms with Gasteiger partial charge in [0, 0.05) is 32.7 Å². The lowest BCUT2D eigenvalue weighted by Gasteiger charge is -2.32. The van der Waals surface area contributed by atoms with Gasteiger partial charge in [0.1, 0.15) is 12.2 Å². The molecule has 2 rings (SSSR count). The maximum Gasteiger partial charge on any atom is 0.149 e. The van der Waals surface area contributed by atoms with E-state index in [9.17, 15) is 0 Å². The predicted molar refractivity (Wildman–Crippen MR) is 67.7 cm³/mol. The SMILES string of the molecule is CC(C)Cn1cnnc1C(C)N1CCNCC1. The second-order valence-corrected chi connectivity index (χ2v) is 5.20. The number of piperazine rings is 1. The summed E-state index contributed by atoms with van der Waals surface area (Å²) in [5, 5.41) is 11.7. The third kappa shape index (κ3) is 3.04. The fourth-order valence-electron chi connectivity index (χ4n) is 2.35. The van der Waals surface area contributed by atoms with Gasteiger partial charge < -0.3 is 9.88 Å². The van der Waals surface area contributed by atoms with E-state index >= 15 is 0 Å². The number of hydrogen-bond acceptors (Lipinski definition) is 4. The lowest BCUT2D eigenvalue weighted by molar-refractivity contribution is 0.175. The molecule has 0 radical (unpaired) electrons. The quantitative estimate of drug-likeness (QED) is 0.845. The first-order valence-electron chi connectivity index (χ1n) is 6.51. The van der Waals surface area contributed by atoms with Crippen LogP contribution >= 0.6 is 0 Å². The molecule has 1 N–H and O–H groups in total. The number of nitrogens with zero attached hydrogens (tertiary/aromatic N) is 4. The highest BCUT2D eigenvalue weighted by Gasteiger charge is 2.22. The van der Waals surface area contributed by atoms with E-state index in [1.165, 1.54) is 0 Å². The smallest absolute Gasteiger partial charge is 0.149 e. The normalized spacial score (nSPS) is 19.8. The molecule has 96 valence electrons. The Labute approximate surface area is 103 Å². The molecule has 2 heterocycles. The van der Waals surface area contributed by atoms with Crippen molar-refractivity contribution < 1.29 is 0 Å². The summed E-state index contributed by atoms with van der Waals surface area (Å²) in [6, 6.07) is 0.360. The monoisotopic (exact) mass is 237 g/mol. The fourth-order valence-corrected chi connectivity index (χ4v) is 2.35. The standard InChI is InChI=1S/C12H23N5/c1-10(2)8-17-9-14-15-12(17)11(3)16-6-4-13-5-7-16/h9-11,13H,4-8H2,1-3H3. The molecule has 1 atom stereocenters. The van der Waals surface area contributed by atoms with Crippen LogP contribution in [0, 0.1) is 5.92 Å². The molecule has 1 unspecified atom stereocenters. The van der Waals surface area contributed by atoms with Crippen LogP contribution in [0.5, 0.6) is 0 Å². The first-order valence-corrected chi connectivity index (χ1v) is 6.51. The number of nitrogens with one attached hydrogen (secondary N) is 1. The summed E-state index contributed by atoms with van der Waals surface area (Å²) in [6.45, 7) is 12.0. The zero-order valence-corrected chi connectivity index (χ0v) is 11.1. The first-order chi connectivity index (χ1) is 8.18. The van der Waals surface area contributed by atoms with Crippen LogP contribution in [0.1, 0.15) is 32.6 Å². The van der Waals surface area contributed by atoms with Crippen molar-refractivity contribution in [1.29, 1.82) is 0 Å². The van der Waals surface area contributed by atoms with E-state index in [1.807, 2.05) is 6.33 Å². The van der Waals surface area contributed by atoms with E-state index in [0.29, 0.717) is 12.0 Å². The van der Waals surface area contributed by atoms with Crippen molar-refractivity contribution >= 4 is 0 Å². The lowest BCUT2D eigenvalue weighted by Crippen LogP contribution is -2.45. The van der Waals surface area contributed by atoms with Crippen LogP contribution in [-0.4, -0.2) is 45.8 Å². The van der Waals surface area contributed by atoms with Gasteiger partial charge in [-0.3, -0.25) is 4.90 Å². The minimum absolute atomic E-state index is 0.360. The molecule has 17 heavy (non-hydrogen) atoms. The number of aromatic nitrogens is 3. The largest absolute Gasteiger partial charge is 0.316 e. The summed E-state index contributed by atoms with van der Waals surface area (Å²) in [4.78, 5) is 2.47. The summed E-state index contributed by atoms with van der Waals surface area (Å²) < 4.78 is 2.19. The van der Waals surface area contributed by atoms with E-state index in [0.717, 1.165) is 38.5 Å². The molecule has 1 fully saturated rings. The van der Waals surface area contributed by atoms with Crippen LogP contribution in [0.25, 0.3) is 0 Å². The molecule has 0 aliphatic carbocycles. The number of rotatable bonds is 4. The van der Waals surface area contributed by atoms with E-state index in [2.05, 4.69) is 45.8 Å². The van der Waals surface area contributed by atoms with Crippen molar-refractivity contribution in [3.8, 4) is 0 Å². The van der Waals surface area contributed by atoms with Gasteiger partial charge in [0.05, 0.1) is 6.04 Å². The Kier molecular flexibility index (Phi) is 4.12. The van der Waals surface area contributed by atoms with Crippen molar-refractivity contribution in [2.75, 3.05) is 26.2 Å². The summed E-state index contributed by atoms with van der Waals surface area (Å²) in [5.41, 5.74) is 0. The Morgan fingerprint density at radius 1 is 1.29 bits per heavy atom. The van der Waals surface area contributed by atoms with E-state index in [4.69, 9.17) is 0 Å². The molecule has 0 bridgehead atoms. The predicted octanol–water partition coefficient (Wildman–Crippen LogP) is 0.900. The van der Waals surface area contributed by atoms with E-state index in [-0.39, 0.29) is 0 Å². The molecule has 5 nitrogen and oxygen atoms in total. The van der Waals surface area contributed by atoms with Crippen LogP contribution < -0.4 is 5.32 Å². The topological polar surface area (TPSA) is 46.0 Å². The molecule has 0 spiro atoms. The van der Waals surface area contributed by atoms with Gasteiger partial charge in [0.15, 0.2) is 0 Å². The second kappa shape index (κ2) is 5.60. The third-order valence-corrected chi connectivity index (χ3v) is 3.28. The molecule has 0 saturated carbocycles. The first kappa shape index (κ1) is 12.5. The highest BCUT2D eigenvalue weighted by molar-refractivity contribution is 4.95. The van der Waals surface area contributed by atoms with Crippen LogP contribution in [0.2, 0.25) is 0 Å². The Morgan fingerprint density at radius 2 is 2.00 bits per heavy atom. The summed E-state index contributed by atoms with van der Waals surface area (Å²) >= 11 is 0. The van der Waals surface area contributed by atoms with Crippen molar-refractivity contribution in [3.63, 3.8) is 0 Å². The van der Waals surface area contributed by atoms with Gasteiger partial charge in [0.2, 0.25) is 0 Å². The molecule has 0 amide bonds. The van der Waals surface area contributed by atoms with E-state index in [1.54, 1.807) is 0 Å². The van der Waals surface area contributed by atoms with Gasteiger partial charge in [-0.2, -0.15) is 0 Å². The number of hydrogen-bond donors (Lipinski definition) is 1. The molecule has 1 aromatic heterocycles. The van der Waals surface area contributed by atoms with Crippen LogP contribution in [0.4, 0.5) is 0 Å². The molecule has 1 aliphatic rings. The third-order valence-electron chi connectivity index (χ3n) is 3.28. The van der Waals surface area contributed by atoms with Gasteiger partial charge in [-0.25, -0.2) is 0 Å². The lowest BCUT2D eigenvalue weighted by atomic mass is 10.2. The maximum atomic E-state index is 4.30. The van der Waals surface area contributed by atoms with Gasteiger partial charge in [-0.05, 0) is 12.8 Å². The molecule has 1 aliphatic heterocycles. The molecular formula is C12H23N5. The Hall–Kier alpha value is -0.940. The zero-order chi connectivity index (χ0) is 12.3. The Bertz CT molecular complexity index is 340. The van der Waals surface area contributed by atoms with Gasteiger partial charge in [-0.1, -0.05) is 13.8 Å². The minimum Gasteiger partial charge on any atom is -0.316 e. The average Bonchev–Trinajstić information content (AvgIpc) is 2.76. The van der Waals surface area contributed by atoms with Gasteiger partial charge >= 0.3 is 0 Å². The minimum atomic E-state index is 0.360. The maximum absolute atomic E-state index is 4.30. The molecule has 1 aromatic rings. The molecular weight excluding hydrogens is 214 g/mol. The van der Waals surface area contributed by atoms with Crippen molar-refractivity contribution in [2.24, 2.45) is 5.92 Å². The summed E-state index contributed by atoms with van der Waals surface area (Å²) in [7, 11) is 0. The van der Waals surface area contributed by atoms with Crippen LogP contribution in [-0.2, 0) is 6.54 Å². The molecule has 0 aromatic carbocycles. The highest BCUT2D eigenvalue weighted by Crippen LogP contribution is 2.18. The average molecular weight is 237 g/mol. The van der Waals surface area contributed by atoms with Crippen molar-refractivity contribution in [3.05, 3.63) is 12.2 Å². The zero-order valence-electron chi connectivity index (χ0n) is 11.1. The van der Waals surface area contributed by atoms with Crippen molar-refractivity contribution in [1.82, 2.24) is 25.0 Å². The fraction of sp³-hybridized carbons (Fsp3) is 0.833.